The van der Waals surface area contributed by atoms with Gasteiger partial charge in [-0.05, 0) is 62.2 Å². The Labute approximate surface area is 219 Å². The zero-order valence-corrected chi connectivity index (χ0v) is 21.4. The molecular formula is C29H29FN6O2. The molecule has 1 fully saturated rings. The molecule has 38 heavy (non-hydrogen) atoms. The van der Waals surface area contributed by atoms with Crippen LogP contribution in [0.5, 0.6) is 5.75 Å². The number of piperidine rings is 1. The lowest BCUT2D eigenvalue weighted by Gasteiger charge is -2.30. The summed E-state index contributed by atoms with van der Waals surface area (Å²) in [7, 11) is 1.64. The molecule has 0 radical (unpaired) electrons. The molecule has 8 nitrogen and oxygen atoms in total. The summed E-state index contributed by atoms with van der Waals surface area (Å²) in [4.78, 5) is 24.3. The van der Waals surface area contributed by atoms with Gasteiger partial charge in [0.05, 0.1) is 36.8 Å². The van der Waals surface area contributed by atoms with E-state index in [2.05, 4.69) is 15.6 Å². The Morgan fingerprint density at radius 2 is 2.05 bits per heavy atom. The van der Waals surface area contributed by atoms with Gasteiger partial charge in [-0.15, -0.1) is 0 Å². The van der Waals surface area contributed by atoms with E-state index in [9.17, 15) is 9.18 Å². The molecule has 1 aliphatic heterocycles. The minimum atomic E-state index is -0.374. The fourth-order valence-electron chi connectivity index (χ4n) is 5.31. The van der Waals surface area contributed by atoms with Gasteiger partial charge in [0.1, 0.15) is 22.9 Å². The Kier molecular flexibility index (Phi) is 6.07. The predicted octanol–water partition coefficient (Wildman–Crippen LogP) is 4.42. The van der Waals surface area contributed by atoms with Crippen LogP contribution in [0.3, 0.4) is 0 Å². The summed E-state index contributed by atoms with van der Waals surface area (Å²) in [5, 5.41) is 1.02. The van der Waals surface area contributed by atoms with Gasteiger partial charge in [0, 0.05) is 48.0 Å². The number of aryl methyl sites for hydroxylation is 1. The first-order chi connectivity index (χ1) is 18.4. The highest BCUT2D eigenvalue weighted by molar-refractivity contribution is 5.95. The monoisotopic (exact) mass is 512 g/mol. The predicted molar refractivity (Wildman–Crippen MR) is 144 cm³/mol. The molecule has 5 heterocycles. The number of pyridine rings is 2. The van der Waals surface area contributed by atoms with Gasteiger partial charge in [-0.25, -0.2) is 9.37 Å². The van der Waals surface area contributed by atoms with Gasteiger partial charge in [0.2, 0.25) is 0 Å². The number of nitrogens with zero attached hydrogens (tertiary/aromatic N) is 5. The molecule has 0 saturated carbocycles. The van der Waals surface area contributed by atoms with Gasteiger partial charge in [0.15, 0.2) is 0 Å². The Morgan fingerprint density at radius 1 is 1.18 bits per heavy atom. The van der Waals surface area contributed by atoms with Crippen LogP contribution in [0.1, 0.15) is 34.6 Å². The number of carbonyl (C=O) groups excluding carboxylic acids is 1. The second-order valence-corrected chi connectivity index (χ2v) is 9.85. The number of aromatic nitrogens is 4. The van der Waals surface area contributed by atoms with Crippen LogP contribution in [0.4, 0.5) is 4.39 Å². The highest BCUT2D eigenvalue weighted by Crippen LogP contribution is 2.33. The summed E-state index contributed by atoms with van der Waals surface area (Å²) < 4.78 is 23.1. The second-order valence-electron chi connectivity index (χ2n) is 9.85. The maximum atomic E-state index is 13.5. The minimum absolute atomic E-state index is 0.0200. The average Bonchev–Trinajstić information content (AvgIpc) is 3.45. The van der Waals surface area contributed by atoms with Gasteiger partial charge < -0.3 is 24.3 Å². The van der Waals surface area contributed by atoms with Crippen LogP contribution in [0.15, 0.2) is 60.9 Å². The Bertz CT molecular complexity index is 1660. The number of rotatable bonds is 5. The van der Waals surface area contributed by atoms with Crippen molar-refractivity contribution >= 4 is 22.5 Å². The first kappa shape index (κ1) is 24.1. The molecule has 0 bridgehead atoms. The topological polar surface area (TPSA) is 90.7 Å². The van der Waals surface area contributed by atoms with E-state index in [-0.39, 0.29) is 17.8 Å². The lowest BCUT2D eigenvalue weighted by atomic mass is 10.1. The molecule has 4 aromatic heterocycles. The Hall–Kier alpha value is -4.24. The van der Waals surface area contributed by atoms with Gasteiger partial charge in [-0.2, -0.15) is 0 Å². The van der Waals surface area contributed by atoms with Gasteiger partial charge in [-0.3, -0.25) is 9.78 Å². The lowest BCUT2D eigenvalue weighted by Crippen LogP contribution is -2.45. The van der Waals surface area contributed by atoms with Crippen LogP contribution in [0, 0.1) is 12.7 Å². The lowest BCUT2D eigenvalue weighted by molar-refractivity contribution is 0.0709. The average molecular weight is 513 g/mol. The van der Waals surface area contributed by atoms with Gasteiger partial charge in [0.25, 0.3) is 5.91 Å². The molecule has 1 atom stereocenters. The number of hydrogen-bond donors (Lipinski definition) is 1. The van der Waals surface area contributed by atoms with Gasteiger partial charge in [-0.1, -0.05) is 0 Å². The van der Waals surface area contributed by atoms with Crippen molar-refractivity contribution in [1.29, 1.82) is 0 Å². The van der Waals surface area contributed by atoms with Crippen molar-refractivity contribution in [2.45, 2.75) is 32.4 Å². The number of likely N-dealkylation sites (tertiary alicyclic amines) is 1. The van der Waals surface area contributed by atoms with Crippen LogP contribution in [0.25, 0.3) is 27.9 Å². The summed E-state index contributed by atoms with van der Waals surface area (Å²) in [6.07, 6.45) is 4.99. The van der Waals surface area contributed by atoms with Crippen LogP contribution in [-0.4, -0.2) is 56.0 Å². The molecule has 0 spiro atoms. The Balaban J connectivity index is 1.44. The van der Waals surface area contributed by atoms with Crippen molar-refractivity contribution < 1.29 is 13.9 Å². The number of benzene rings is 1. The van der Waals surface area contributed by atoms with E-state index < -0.39 is 0 Å². The van der Waals surface area contributed by atoms with E-state index in [1.54, 1.807) is 13.2 Å². The normalized spacial score (nSPS) is 15.9. The van der Waals surface area contributed by atoms with E-state index in [4.69, 9.17) is 15.5 Å². The number of methoxy groups -OCH3 is 1. The summed E-state index contributed by atoms with van der Waals surface area (Å²) in [5.74, 6) is 0.345. The van der Waals surface area contributed by atoms with Crippen molar-refractivity contribution in [2.75, 3.05) is 20.2 Å². The molecule has 1 amide bonds. The minimum Gasteiger partial charge on any atom is -0.497 e. The maximum absolute atomic E-state index is 13.5. The zero-order valence-electron chi connectivity index (χ0n) is 21.4. The van der Waals surface area contributed by atoms with Crippen molar-refractivity contribution in [2.24, 2.45) is 5.73 Å². The first-order valence-electron chi connectivity index (χ1n) is 12.7. The van der Waals surface area contributed by atoms with Gasteiger partial charge >= 0.3 is 0 Å². The third kappa shape index (κ3) is 4.28. The second kappa shape index (κ2) is 9.57. The fraction of sp³-hybridized carbons (Fsp3) is 0.276. The summed E-state index contributed by atoms with van der Waals surface area (Å²) >= 11 is 0. The summed E-state index contributed by atoms with van der Waals surface area (Å²) in [6.45, 7) is 3.74. The maximum Gasteiger partial charge on any atom is 0.254 e. The third-order valence-corrected chi connectivity index (χ3v) is 7.32. The molecule has 6 rings (SSSR count). The number of halogens is 1. The van der Waals surface area contributed by atoms with Crippen molar-refractivity contribution in [1.82, 2.24) is 23.8 Å². The molecule has 5 aromatic rings. The van der Waals surface area contributed by atoms with Crippen LogP contribution < -0.4 is 10.5 Å². The molecule has 1 aromatic carbocycles. The number of hydrogen-bond acceptors (Lipinski definition) is 5. The van der Waals surface area contributed by atoms with E-state index in [1.165, 1.54) is 12.3 Å². The van der Waals surface area contributed by atoms with Crippen LogP contribution >= 0.6 is 0 Å². The number of nitrogens with two attached hydrogens (primary N) is 1. The van der Waals surface area contributed by atoms with Crippen molar-refractivity contribution in [3.8, 4) is 17.1 Å². The number of carbonyl (C=O) groups is 1. The molecule has 2 N–H and O–H groups in total. The van der Waals surface area contributed by atoms with E-state index in [0.29, 0.717) is 24.3 Å². The molecule has 194 valence electrons. The number of imidazole rings is 1. The molecule has 0 aliphatic carbocycles. The highest BCUT2D eigenvalue weighted by atomic mass is 19.1. The molecular weight excluding hydrogens is 483 g/mol. The zero-order chi connectivity index (χ0) is 26.4. The van der Waals surface area contributed by atoms with E-state index >= 15 is 0 Å². The van der Waals surface area contributed by atoms with Crippen LogP contribution in [0.2, 0.25) is 0 Å². The summed E-state index contributed by atoms with van der Waals surface area (Å²) in [6, 6.07) is 14.8. The van der Waals surface area contributed by atoms with Crippen LogP contribution in [-0.2, 0) is 6.54 Å². The number of ether oxygens (including phenoxy) is 1. The fourth-order valence-corrected chi connectivity index (χ4v) is 5.31. The van der Waals surface area contributed by atoms with Crippen molar-refractivity contribution in [3.05, 3.63) is 83.7 Å². The SMILES string of the molecule is COc1ccc2cc(-c3nc4cc(C(=O)N5CCC[C@@H](N)C5)ccn4c3C)n(Cc3ccc(F)cn3)c2c1. The molecule has 1 aliphatic rings. The van der Waals surface area contributed by atoms with E-state index in [0.717, 1.165) is 58.8 Å². The number of amides is 1. The molecule has 9 heteroatoms. The number of fused-ring (bicyclic) bond motifs is 2. The van der Waals surface area contributed by atoms with E-state index in [1.807, 2.05) is 52.8 Å². The molecule has 0 unspecified atom stereocenters. The third-order valence-electron chi connectivity index (χ3n) is 7.32. The quantitative estimate of drug-likeness (QED) is 0.377. The first-order valence-corrected chi connectivity index (χ1v) is 12.7. The van der Waals surface area contributed by atoms with Crippen molar-refractivity contribution in [3.63, 3.8) is 0 Å². The highest BCUT2D eigenvalue weighted by Gasteiger charge is 2.24. The standard InChI is InChI=1S/C29H29FN6O2/c1-18-28(33-27-13-20(9-11-35(18)27)29(37)34-10-3-4-22(31)16-34)26-12-19-5-8-24(38-2)14-25(19)36(26)17-23-7-6-21(30)15-32-23/h5-9,11-15,22H,3-4,10,16-17,31H2,1-2H3/t22-/m1/s1. The Morgan fingerprint density at radius 3 is 2.82 bits per heavy atom. The summed E-state index contributed by atoms with van der Waals surface area (Å²) in [5.41, 5.74) is 11.7. The molecule has 1 saturated heterocycles. The largest absolute Gasteiger partial charge is 0.497 e. The smallest absolute Gasteiger partial charge is 0.254 e.